The number of esters is 1. The lowest BCUT2D eigenvalue weighted by Crippen LogP contribution is -2.33. The molecule has 1 heterocycles. The first-order valence-electron chi connectivity index (χ1n) is 28.2. The van der Waals surface area contributed by atoms with Crippen LogP contribution in [-0.4, -0.2) is 67.5 Å². The second-order valence-electron chi connectivity index (χ2n) is 22.3. The van der Waals surface area contributed by atoms with Crippen molar-refractivity contribution in [3.8, 4) is 22.5 Å². The summed E-state index contributed by atoms with van der Waals surface area (Å²) in [7, 11) is -11.4. The summed E-state index contributed by atoms with van der Waals surface area (Å²) in [6.07, 6.45) is -0.472. The Morgan fingerprint density at radius 2 is 1.26 bits per heavy atom. The predicted molar refractivity (Wildman–Crippen MR) is 325 cm³/mol. The number of carbonyl (C=O) groups is 2. The molecule has 20 heteroatoms. The number of hydrogen-bond acceptors (Lipinski definition) is 11. The summed E-state index contributed by atoms with van der Waals surface area (Å²) in [5, 5.41) is 3.53. The van der Waals surface area contributed by atoms with Gasteiger partial charge in [0.1, 0.15) is 31.1 Å². The van der Waals surface area contributed by atoms with Crippen molar-refractivity contribution >= 4 is 71.9 Å². The molecule has 2 N–H and O–H groups in total. The minimum Gasteiger partial charge on any atom is -0.463 e. The first kappa shape index (κ1) is 64.8. The molecule has 0 fully saturated rings. The maximum Gasteiger partial charge on any atom is 0.407 e. The maximum absolute atomic E-state index is 16.0. The van der Waals surface area contributed by atoms with Crippen molar-refractivity contribution in [2.45, 2.75) is 135 Å². The zero-order valence-corrected chi connectivity index (χ0v) is 52.3. The normalized spacial score (nSPS) is 12.7. The van der Waals surface area contributed by atoms with E-state index in [0.717, 1.165) is 50.7 Å². The molecule has 0 atom stereocenters. The van der Waals surface area contributed by atoms with Crippen molar-refractivity contribution in [3.63, 3.8) is 0 Å². The minimum absolute atomic E-state index is 0.0360. The van der Waals surface area contributed by atoms with Crippen molar-refractivity contribution in [2.75, 3.05) is 43.5 Å². The van der Waals surface area contributed by atoms with Gasteiger partial charge in [-0.3, -0.25) is 4.79 Å². The number of sulfonamides is 2. The second-order valence-corrected chi connectivity index (χ2v) is 26.9. The quantitative estimate of drug-likeness (QED) is 0.0119. The van der Waals surface area contributed by atoms with E-state index in [2.05, 4.69) is 120 Å². The molecule has 5 aromatic carbocycles. The molecule has 0 unspecified atom stereocenters. The molecule has 1 aliphatic heterocycles. The monoisotopic (exact) mass is 1220 g/mol. The molecular formula is C64H75F4N4O9S3+. The van der Waals surface area contributed by atoms with Crippen LogP contribution in [0.5, 0.6) is 0 Å². The van der Waals surface area contributed by atoms with Gasteiger partial charge in [0.2, 0.25) is 11.0 Å². The number of halogens is 4. The van der Waals surface area contributed by atoms with E-state index in [0.29, 0.717) is 47.4 Å². The van der Waals surface area contributed by atoms with Crippen molar-refractivity contribution in [1.82, 2.24) is 14.0 Å². The van der Waals surface area contributed by atoms with Crippen molar-refractivity contribution in [2.24, 2.45) is 5.41 Å². The Hall–Kier alpha value is -6.74. The summed E-state index contributed by atoms with van der Waals surface area (Å²) in [6.45, 7) is 26.8. The van der Waals surface area contributed by atoms with Crippen LogP contribution in [0.1, 0.15) is 142 Å². The molecule has 0 saturated carbocycles. The Balaban J connectivity index is 1.32. The Morgan fingerprint density at radius 3 is 1.82 bits per heavy atom. The number of ether oxygens (including phenoxy) is 2. The van der Waals surface area contributed by atoms with E-state index in [9.17, 15) is 26.4 Å². The fraction of sp³-hybridized carbons (Fsp3) is 0.391. The number of rotatable bonds is 23. The van der Waals surface area contributed by atoms with Crippen LogP contribution in [0.4, 0.5) is 39.4 Å². The molecule has 84 heavy (non-hydrogen) atoms. The van der Waals surface area contributed by atoms with Gasteiger partial charge in [0, 0.05) is 69.0 Å². The van der Waals surface area contributed by atoms with Gasteiger partial charge in [0.15, 0.2) is 28.2 Å². The first-order chi connectivity index (χ1) is 39.6. The van der Waals surface area contributed by atoms with Crippen molar-refractivity contribution in [3.05, 3.63) is 148 Å². The first-order valence-corrected chi connectivity index (χ1v) is 32.2. The summed E-state index contributed by atoms with van der Waals surface area (Å²) in [5.74, 6) is -8.97. The fourth-order valence-electron chi connectivity index (χ4n) is 10.1. The lowest BCUT2D eigenvalue weighted by atomic mass is 9.91. The average Bonchev–Trinajstić information content (AvgIpc) is 2.80. The number of hydrogen-bond donors (Lipinski definition) is 2. The number of fused-ring (bicyclic) bond motifs is 2. The van der Waals surface area contributed by atoms with Gasteiger partial charge in [0.05, 0.1) is 27.8 Å². The lowest BCUT2D eigenvalue weighted by molar-refractivity contribution is -0.153. The molecule has 0 radical (unpaired) electrons. The molecule has 0 spiro atoms. The zero-order chi connectivity index (χ0) is 61.7. The van der Waals surface area contributed by atoms with Crippen LogP contribution >= 0.6 is 11.8 Å². The number of thioether (sulfide) groups is 1. The predicted octanol–water partition coefficient (Wildman–Crippen LogP) is 15.0. The number of alkyl carbamates (subject to hydrolysis) is 1. The average molecular weight is 1220 g/mol. The Kier molecular flexibility index (Phi) is 20.6. The van der Waals surface area contributed by atoms with Crippen LogP contribution in [-0.2, 0) is 34.3 Å². The summed E-state index contributed by atoms with van der Waals surface area (Å²) in [6, 6.07) is 29.2. The number of nitrogens with one attached hydrogen (secondary N) is 2. The number of carbonyl (C=O) groups excluding carboxylic acids is 2. The van der Waals surface area contributed by atoms with E-state index in [1.165, 1.54) is 16.3 Å². The highest BCUT2D eigenvalue weighted by atomic mass is 32.3. The number of nitrogens with zero attached hydrogens (tertiary/aromatic N) is 2. The lowest BCUT2D eigenvalue weighted by Gasteiger charge is -2.31. The molecule has 450 valence electrons. The third-order valence-corrected chi connectivity index (χ3v) is 19.5. The summed E-state index contributed by atoms with van der Waals surface area (Å²) >= 11 is 0.172. The molecule has 13 nitrogen and oxygen atoms in total. The molecule has 1 amide bonds. The number of benzene rings is 6. The van der Waals surface area contributed by atoms with E-state index >= 15 is 17.6 Å². The molecule has 2 aliphatic rings. The van der Waals surface area contributed by atoms with E-state index in [1.54, 1.807) is 32.0 Å². The van der Waals surface area contributed by atoms with Gasteiger partial charge in [-0.05, 0) is 93.2 Å². The highest BCUT2D eigenvalue weighted by Gasteiger charge is 2.38. The summed E-state index contributed by atoms with van der Waals surface area (Å²) < 4.78 is 142. The molecule has 0 aromatic heterocycles. The van der Waals surface area contributed by atoms with E-state index in [1.807, 2.05) is 31.2 Å². The van der Waals surface area contributed by atoms with Crippen LogP contribution in [0, 0.1) is 28.7 Å². The third-order valence-electron chi connectivity index (χ3n) is 14.9. The van der Waals surface area contributed by atoms with Gasteiger partial charge >= 0.3 is 12.1 Å². The van der Waals surface area contributed by atoms with Crippen molar-refractivity contribution < 1.29 is 57.9 Å². The van der Waals surface area contributed by atoms with Gasteiger partial charge in [-0.2, -0.15) is 4.58 Å². The van der Waals surface area contributed by atoms with Crippen LogP contribution in [0.3, 0.4) is 0 Å². The summed E-state index contributed by atoms with van der Waals surface area (Å²) in [4.78, 5) is 22.4. The Morgan fingerprint density at radius 1 is 0.679 bits per heavy atom. The second kappa shape index (κ2) is 26.7. The molecule has 7 rings (SSSR count). The Bertz CT molecular complexity index is 3800. The summed E-state index contributed by atoms with van der Waals surface area (Å²) in [5.41, 5.74) is 7.75. The number of anilines is 2. The van der Waals surface area contributed by atoms with Crippen molar-refractivity contribution in [1.29, 1.82) is 0 Å². The standard InChI is InChI=1S/C64H74F4N4O9S3/c1-14-64(12,13)62(73)79-32-31-69-63(74)80-33-34-82-60-54(65)56(67)61(57(68)55(60)66)84(77,78)70-83(75,76)52-26-18-17-21-49(52)53-47-29-27-41(71(15-2)58-43(37(4)5)22-19-23-44(58)38(6)7)35-50(47)81-51-36-42(28-30-48(51)53)72(16-3)59-45(39(8)9)24-20-25-46(59)40(10)11/h17-30,35-40,70H,14-16,31-34H2,1-13H3/p+1. The largest absolute Gasteiger partial charge is 0.463 e. The van der Waals surface area contributed by atoms with Gasteiger partial charge in [0.25, 0.3) is 20.0 Å². The van der Waals surface area contributed by atoms with Crippen LogP contribution in [0.15, 0.2) is 116 Å². The zero-order valence-electron chi connectivity index (χ0n) is 49.8. The highest BCUT2D eigenvalue weighted by Crippen LogP contribution is 2.46. The molecule has 0 saturated heterocycles. The van der Waals surface area contributed by atoms with Gasteiger partial charge < -0.3 is 24.1 Å². The number of para-hydroxylation sites is 2. The topological polar surface area (TPSA) is 164 Å². The molecular weight excluding hydrogens is 1140 g/mol. The van der Waals surface area contributed by atoms with Gasteiger partial charge in [-0.15, -0.1) is 15.9 Å². The molecule has 1 aliphatic carbocycles. The minimum atomic E-state index is -5.98. The maximum atomic E-state index is 16.0. The van der Waals surface area contributed by atoms with Crippen LogP contribution < -0.4 is 24.3 Å². The fourth-order valence-corrected chi connectivity index (χ4v) is 14.2. The van der Waals surface area contributed by atoms with Gasteiger partial charge in [-0.25, -0.2) is 39.2 Å². The van der Waals surface area contributed by atoms with Crippen LogP contribution in [0.2, 0.25) is 0 Å². The molecule has 5 aromatic rings. The van der Waals surface area contributed by atoms with E-state index in [-0.39, 0.29) is 54.1 Å². The van der Waals surface area contributed by atoms with E-state index < -0.39 is 87.8 Å². The molecule has 0 bridgehead atoms. The highest BCUT2D eigenvalue weighted by molar-refractivity contribution is 8.04. The van der Waals surface area contributed by atoms with E-state index in [4.69, 9.17) is 13.9 Å². The van der Waals surface area contributed by atoms with Crippen LogP contribution in [0.25, 0.3) is 33.4 Å². The Labute approximate surface area is 495 Å². The SMILES string of the molecule is CCN(c1ccc2c(-c3ccccc3S(=O)(=O)NS(=O)(=O)c3c(F)c(F)c(SCCOC(=O)NCCOC(=O)C(C)(C)CC)c(F)c3F)c3ccc(=[N+](CC)c4c(C(C)C)cccc4C(C)C)cc-3oc2c1)c1c(C(C)C)cccc1C(C)C. The third kappa shape index (κ3) is 13.5. The number of amides is 1. The van der Waals surface area contributed by atoms with Gasteiger partial charge in [-0.1, -0.05) is 117 Å². The smallest absolute Gasteiger partial charge is 0.407 e.